The number of benzene rings is 1. The van der Waals surface area contributed by atoms with Gasteiger partial charge >= 0.3 is 6.18 Å². The predicted octanol–water partition coefficient (Wildman–Crippen LogP) is 2.82. The molecule has 1 aromatic rings. The molecular weight excluding hydrogens is 298 g/mol. The van der Waals surface area contributed by atoms with Gasteiger partial charge in [0.2, 0.25) is 10.0 Å². The molecule has 0 radical (unpaired) electrons. The molecule has 0 amide bonds. The van der Waals surface area contributed by atoms with E-state index in [1.165, 1.54) is 13.8 Å². The first kappa shape index (κ1) is 15.2. The molecule has 0 heterocycles. The molecule has 112 valence electrons. The third-order valence-electron chi connectivity index (χ3n) is 3.32. The molecule has 1 aliphatic carbocycles. The summed E-state index contributed by atoms with van der Waals surface area (Å²) in [4.78, 5) is -0.297. The topological polar surface area (TPSA) is 46.2 Å². The molecule has 0 saturated heterocycles. The molecule has 8 heteroatoms. The van der Waals surface area contributed by atoms with Crippen molar-refractivity contribution in [2.75, 3.05) is 0 Å². The largest absolute Gasteiger partial charge is 0.407 e. The van der Waals surface area contributed by atoms with Crippen molar-refractivity contribution >= 4 is 10.0 Å². The van der Waals surface area contributed by atoms with Crippen molar-refractivity contribution in [3.05, 3.63) is 29.1 Å². The third-order valence-corrected chi connectivity index (χ3v) is 5.16. The second-order valence-corrected chi connectivity index (χ2v) is 6.67. The molecule has 2 rings (SSSR count). The lowest BCUT2D eigenvalue weighted by atomic mass is 10.1. The highest BCUT2D eigenvalue weighted by molar-refractivity contribution is 7.89. The molecule has 0 aliphatic heterocycles. The Morgan fingerprint density at radius 1 is 1.15 bits per heavy atom. The molecule has 0 aromatic heterocycles. The number of nitrogens with one attached hydrogen (secondary N) is 1. The van der Waals surface area contributed by atoms with Gasteiger partial charge in [-0.05, 0) is 49.9 Å². The first-order valence-corrected chi connectivity index (χ1v) is 7.34. The Bertz CT molecular complexity index is 625. The van der Waals surface area contributed by atoms with Crippen LogP contribution in [0.2, 0.25) is 0 Å². The first-order chi connectivity index (χ1) is 8.98. The van der Waals surface area contributed by atoms with Crippen LogP contribution in [0.1, 0.15) is 24.0 Å². The Hall–Kier alpha value is -1.15. The van der Waals surface area contributed by atoms with Crippen LogP contribution in [0.15, 0.2) is 17.0 Å². The summed E-state index contributed by atoms with van der Waals surface area (Å²) in [6, 6.07) is 1.96. The van der Waals surface area contributed by atoms with E-state index < -0.39 is 27.6 Å². The highest BCUT2D eigenvalue weighted by Gasteiger charge is 2.65. The summed E-state index contributed by atoms with van der Waals surface area (Å²) >= 11 is 0. The Morgan fingerprint density at radius 2 is 1.60 bits per heavy atom. The average Bonchev–Trinajstić information content (AvgIpc) is 2.93. The molecule has 1 saturated carbocycles. The molecule has 0 bridgehead atoms. The lowest BCUT2D eigenvalue weighted by molar-refractivity contribution is -0.160. The fraction of sp³-hybridized carbons (Fsp3) is 0.500. The standard InChI is InChI=1S/C12H13F4NO2S/c1-7-5-9(13)6-8(2)10(7)20(18,19)17-11(3-4-11)12(14,15)16/h5-6,17H,3-4H2,1-2H3. The van der Waals surface area contributed by atoms with Crippen LogP contribution in [0.3, 0.4) is 0 Å². The van der Waals surface area contributed by atoms with Gasteiger partial charge in [-0.15, -0.1) is 0 Å². The van der Waals surface area contributed by atoms with Crippen LogP contribution in [-0.4, -0.2) is 20.1 Å². The van der Waals surface area contributed by atoms with Gasteiger partial charge in [-0.25, -0.2) is 12.8 Å². The van der Waals surface area contributed by atoms with Gasteiger partial charge in [0.25, 0.3) is 0 Å². The van der Waals surface area contributed by atoms with Crippen LogP contribution in [0.25, 0.3) is 0 Å². The molecule has 1 N–H and O–H groups in total. The van der Waals surface area contributed by atoms with Crippen LogP contribution in [0.4, 0.5) is 17.6 Å². The predicted molar refractivity (Wildman–Crippen MR) is 64.2 cm³/mol. The minimum absolute atomic E-state index is 0.0768. The van der Waals surface area contributed by atoms with Gasteiger partial charge in [0.1, 0.15) is 11.4 Å². The average molecular weight is 311 g/mol. The fourth-order valence-corrected chi connectivity index (χ4v) is 4.10. The van der Waals surface area contributed by atoms with Crippen molar-refractivity contribution < 1.29 is 26.0 Å². The number of hydrogen-bond acceptors (Lipinski definition) is 2. The van der Waals surface area contributed by atoms with Gasteiger partial charge in [-0.1, -0.05) is 0 Å². The molecular formula is C12H13F4NO2S. The number of alkyl halides is 3. The zero-order chi connectivity index (χ0) is 15.3. The van der Waals surface area contributed by atoms with E-state index in [1.807, 2.05) is 0 Å². The van der Waals surface area contributed by atoms with Crippen molar-refractivity contribution in [2.24, 2.45) is 0 Å². The SMILES string of the molecule is Cc1cc(F)cc(C)c1S(=O)(=O)NC1(C(F)(F)F)CC1. The smallest absolute Gasteiger partial charge is 0.207 e. The summed E-state index contributed by atoms with van der Waals surface area (Å²) in [5.74, 6) is -0.629. The summed E-state index contributed by atoms with van der Waals surface area (Å²) in [5.41, 5.74) is -2.22. The van der Waals surface area contributed by atoms with Crippen molar-refractivity contribution in [2.45, 2.75) is 43.3 Å². The monoisotopic (exact) mass is 311 g/mol. The first-order valence-electron chi connectivity index (χ1n) is 5.86. The van der Waals surface area contributed by atoms with E-state index in [9.17, 15) is 26.0 Å². The third kappa shape index (κ3) is 2.54. The lowest BCUT2D eigenvalue weighted by Crippen LogP contribution is -2.48. The maximum Gasteiger partial charge on any atom is 0.407 e. The molecule has 0 spiro atoms. The van der Waals surface area contributed by atoms with Crippen molar-refractivity contribution in [1.82, 2.24) is 4.72 Å². The molecule has 0 atom stereocenters. The normalized spacial score (nSPS) is 18.1. The number of sulfonamides is 1. The van der Waals surface area contributed by atoms with E-state index in [1.54, 1.807) is 4.72 Å². The van der Waals surface area contributed by atoms with E-state index >= 15 is 0 Å². The number of aryl methyl sites for hydroxylation is 2. The second kappa shape index (κ2) is 4.42. The Kier molecular flexibility index (Phi) is 3.37. The lowest BCUT2D eigenvalue weighted by Gasteiger charge is -2.22. The van der Waals surface area contributed by atoms with Crippen molar-refractivity contribution in [3.8, 4) is 0 Å². The van der Waals surface area contributed by atoms with Crippen LogP contribution in [0, 0.1) is 19.7 Å². The van der Waals surface area contributed by atoms with E-state index in [2.05, 4.69) is 0 Å². The van der Waals surface area contributed by atoms with Crippen LogP contribution < -0.4 is 4.72 Å². The van der Waals surface area contributed by atoms with Gasteiger partial charge < -0.3 is 0 Å². The highest BCUT2D eigenvalue weighted by atomic mass is 32.2. The Morgan fingerprint density at radius 3 is 1.95 bits per heavy atom. The summed E-state index contributed by atoms with van der Waals surface area (Å²) in [6.07, 6.45) is -5.20. The Labute approximate surface area is 114 Å². The summed E-state index contributed by atoms with van der Waals surface area (Å²) in [6.45, 7) is 2.69. The van der Waals surface area contributed by atoms with Crippen molar-refractivity contribution in [1.29, 1.82) is 0 Å². The van der Waals surface area contributed by atoms with E-state index in [-0.39, 0.29) is 28.9 Å². The summed E-state index contributed by atoms with van der Waals surface area (Å²) < 4.78 is 77.6. The van der Waals surface area contributed by atoms with Gasteiger partial charge in [-0.2, -0.15) is 17.9 Å². The second-order valence-electron chi connectivity index (χ2n) is 5.05. The zero-order valence-corrected chi connectivity index (χ0v) is 11.6. The van der Waals surface area contributed by atoms with Gasteiger partial charge in [0.15, 0.2) is 0 Å². The zero-order valence-electron chi connectivity index (χ0n) is 10.8. The molecule has 1 fully saturated rings. The van der Waals surface area contributed by atoms with E-state index in [0.717, 1.165) is 12.1 Å². The molecule has 1 aliphatic rings. The van der Waals surface area contributed by atoms with Crippen LogP contribution in [-0.2, 0) is 10.0 Å². The summed E-state index contributed by atoms with van der Waals surface area (Å²) in [7, 11) is -4.35. The Balaban J connectivity index is 2.43. The maximum absolute atomic E-state index is 13.1. The number of hydrogen-bond donors (Lipinski definition) is 1. The van der Waals surface area contributed by atoms with Gasteiger partial charge in [0.05, 0.1) is 4.90 Å². The fourth-order valence-electron chi connectivity index (χ4n) is 2.20. The minimum Gasteiger partial charge on any atom is -0.207 e. The molecule has 1 aromatic carbocycles. The maximum atomic E-state index is 13.1. The number of halogens is 4. The van der Waals surface area contributed by atoms with Crippen LogP contribution in [0.5, 0.6) is 0 Å². The minimum atomic E-state index is -4.64. The van der Waals surface area contributed by atoms with Crippen molar-refractivity contribution in [3.63, 3.8) is 0 Å². The molecule has 20 heavy (non-hydrogen) atoms. The number of rotatable bonds is 3. The molecule has 0 unspecified atom stereocenters. The van der Waals surface area contributed by atoms with E-state index in [0.29, 0.717) is 0 Å². The van der Waals surface area contributed by atoms with E-state index in [4.69, 9.17) is 0 Å². The van der Waals surface area contributed by atoms with Gasteiger partial charge in [-0.3, -0.25) is 0 Å². The molecule has 3 nitrogen and oxygen atoms in total. The van der Waals surface area contributed by atoms with Crippen LogP contribution >= 0.6 is 0 Å². The quantitative estimate of drug-likeness (QED) is 0.873. The highest BCUT2D eigenvalue weighted by Crippen LogP contribution is 2.49. The summed E-state index contributed by atoms with van der Waals surface area (Å²) in [5, 5.41) is 0. The van der Waals surface area contributed by atoms with Gasteiger partial charge in [0, 0.05) is 0 Å².